The number of nitrogens with one attached hydrogen (secondary N) is 1. The first-order valence-electron chi connectivity index (χ1n) is 5.78. The molecule has 0 spiro atoms. The SMILES string of the molecule is C=CCCC(CC)NCCC(C)S(C)=O. The summed E-state index contributed by atoms with van der Waals surface area (Å²) >= 11 is 0. The number of hydrogen-bond acceptors (Lipinski definition) is 2. The highest BCUT2D eigenvalue weighted by atomic mass is 32.2. The van der Waals surface area contributed by atoms with Crippen LogP contribution in [0.2, 0.25) is 0 Å². The third-order valence-electron chi connectivity index (χ3n) is 2.76. The summed E-state index contributed by atoms with van der Waals surface area (Å²) in [5.74, 6) is 0. The zero-order chi connectivity index (χ0) is 11.7. The summed E-state index contributed by atoms with van der Waals surface area (Å²) in [6, 6.07) is 0.584. The molecule has 0 aliphatic heterocycles. The molecule has 0 fully saturated rings. The highest BCUT2D eigenvalue weighted by Crippen LogP contribution is 2.03. The Balaban J connectivity index is 3.62. The maximum atomic E-state index is 11.1. The van der Waals surface area contributed by atoms with Crippen molar-refractivity contribution in [3.05, 3.63) is 12.7 Å². The Morgan fingerprint density at radius 1 is 1.47 bits per heavy atom. The number of allylic oxidation sites excluding steroid dienone is 1. The molecule has 0 aromatic heterocycles. The molecule has 15 heavy (non-hydrogen) atoms. The molecule has 3 heteroatoms. The molecule has 0 aliphatic carbocycles. The molecule has 0 aliphatic rings. The summed E-state index contributed by atoms with van der Waals surface area (Å²) < 4.78 is 11.1. The fraction of sp³-hybridized carbons (Fsp3) is 0.833. The minimum absolute atomic E-state index is 0.300. The minimum atomic E-state index is -0.688. The molecular formula is C12H25NOS. The molecular weight excluding hydrogens is 206 g/mol. The van der Waals surface area contributed by atoms with Gasteiger partial charge in [-0.15, -0.1) is 6.58 Å². The van der Waals surface area contributed by atoms with E-state index in [-0.39, 0.29) is 0 Å². The molecule has 1 N–H and O–H groups in total. The lowest BCUT2D eigenvalue weighted by Gasteiger charge is -2.17. The van der Waals surface area contributed by atoms with Crippen LogP contribution in [-0.4, -0.2) is 28.3 Å². The fourth-order valence-corrected chi connectivity index (χ4v) is 1.88. The van der Waals surface area contributed by atoms with E-state index in [0.29, 0.717) is 11.3 Å². The van der Waals surface area contributed by atoms with Gasteiger partial charge in [0.25, 0.3) is 0 Å². The van der Waals surface area contributed by atoms with E-state index in [2.05, 4.69) is 18.8 Å². The van der Waals surface area contributed by atoms with E-state index in [1.54, 1.807) is 6.26 Å². The van der Waals surface area contributed by atoms with Crippen molar-refractivity contribution in [1.82, 2.24) is 5.32 Å². The van der Waals surface area contributed by atoms with Crippen LogP contribution in [0.15, 0.2) is 12.7 Å². The molecule has 2 nitrogen and oxygen atoms in total. The molecule has 0 rings (SSSR count). The monoisotopic (exact) mass is 231 g/mol. The van der Waals surface area contributed by atoms with Gasteiger partial charge < -0.3 is 5.32 Å². The van der Waals surface area contributed by atoms with E-state index in [0.717, 1.165) is 32.2 Å². The highest BCUT2D eigenvalue weighted by Gasteiger charge is 2.08. The normalized spacial score (nSPS) is 17.0. The third-order valence-corrected chi connectivity index (χ3v) is 4.13. The summed E-state index contributed by atoms with van der Waals surface area (Å²) in [4.78, 5) is 0. The van der Waals surface area contributed by atoms with Gasteiger partial charge in [-0.3, -0.25) is 4.21 Å². The third kappa shape index (κ3) is 7.74. The van der Waals surface area contributed by atoms with Gasteiger partial charge >= 0.3 is 0 Å². The second kappa shape index (κ2) is 9.10. The van der Waals surface area contributed by atoms with Crippen LogP contribution in [0, 0.1) is 0 Å². The number of rotatable bonds is 9. The van der Waals surface area contributed by atoms with Crippen molar-refractivity contribution in [2.75, 3.05) is 12.8 Å². The van der Waals surface area contributed by atoms with Crippen molar-refractivity contribution in [2.24, 2.45) is 0 Å². The van der Waals surface area contributed by atoms with Crippen LogP contribution >= 0.6 is 0 Å². The molecule has 3 atom stereocenters. The van der Waals surface area contributed by atoms with Gasteiger partial charge in [0.2, 0.25) is 0 Å². The van der Waals surface area contributed by atoms with Gasteiger partial charge in [0, 0.05) is 28.3 Å². The maximum absolute atomic E-state index is 11.1. The summed E-state index contributed by atoms with van der Waals surface area (Å²) in [6.45, 7) is 8.94. The quantitative estimate of drug-likeness (QED) is 0.618. The number of hydrogen-bond donors (Lipinski definition) is 1. The molecule has 0 saturated heterocycles. The van der Waals surface area contributed by atoms with E-state index in [4.69, 9.17) is 0 Å². The van der Waals surface area contributed by atoms with Crippen LogP contribution in [0.3, 0.4) is 0 Å². The lowest BCUT2D eigenvalue weighted by Crippen LogP contribution is -2.31. The largest absolute Gasteiger partial charge is 0.314 e. The van der Waals surface area contributed by atoms with E-state index in [1.165, 1.54) is 0 Å². The maximum Gasteiger partial charge on any atom is 0.0329 e. The Hall–Kier alpha value is -0.150. The van der Waals surface area contributed by atoms with E-state index < -0.39 is 10.8 Å². The first-order chi connectivity index (χ1) is 7.11. The molecule has 3 unspecified atom stereocenters. The topological polar surface area (TPSA) is 29.1 Å². The van der Waals surface area contributed by atoms with Crippen LogP contribution in [0.25, 0.3) is 0 Å². The highest BCUT2D eigenvalue weighted by molar-refractivity contribution is 7.84. The molecule has 0 radical (unpaired) electrons. The summed E-state index contributed by atoms with van der Waals surface area (Å²) in [6.07, 6.45) is 8.11. The van der Waals surface area contributed by atoms with Gasteiger partial charge in [-0.25, -0.2) is 0 Å². The van der Waals surface area contributed by atoms with Gasteiger partial charge in [-0.05, 0) is 32.2 Å². The van der Waals surface area contributed by atoms with E-state index >= 15 is 0 Å². The van der Waals surface area contributed by atoms with Gasteiger partial charge in [-0.1, -0.05) is 19.9 Å². The Kier molecular flexibility index (Phi) is 9.01. The van der Waals surface area contributed by atoms with Crippen LogP contribution in [0.1, 0.15) is 39.5 Å². The van der Waals surface area contributed by atoms with Crippen molar-refractivity contribution in [2.45, 2.75) is 50.8 Å². The Morgan fingerprint density at radius 3 is 2.60 bits per heavy atom. The molecule has 0 saturated carbocycles. The molecule has 0 heterocycles. The first kappa shape index (κ1) is 14.8. The van der Waals surface area contributed by atoms with Crippen molar-refractivity contribution >= 4 is 10.8 Å². The van der Waals surface area contributed by atoms with Gasteiger partial charge in [-0.2, -0.15) is 0 Å². The average molecular weight is 231 g/mol. The van der Waals surface area contributed by atoms with Gasteiger partial charge in [0.05, 0.1) is 0 Å². The van der Waals surface area contributed by atoms with Crippen molar-refractivity contribution in [3.8, 4) is 0 Å². The van der Waals surface area contributed by atoms with Gasteiger partial charge in [0.15, 0.2) is 0 Å². The van der Waals surface area contributed by atoms with E-state index in [1.807, 2.05) is 13.0 Å². The fourth-order valence-electron chi connectivity index (χ4n) is 1.43. The molecule has 0 aromatic carbocycles. The Morgan fingerprint density at radius 2 is 2.13 bits per heavy atom. The van der Waals surface area contributed by atoms with Crippen LogP contribution in [0.5, 0.6) is 0 Å². The first-order valence-corrected chi connectivity index (χ1v) is 7.40. The zero-order valence-corrected chi connectivity index (χ0v) is 11.1. The summed E-state index contributed by atoms with van der Waals surface area (Å²) in [5.41, 5.74) is 0. The Bertz CT molecular complexity index is 194. The van der Waals surface area contributed by atoms with E-state index in [9.17, 15) is 4.21 Å². The standard InChI is InChI=1S/C12H25NOS/c1-5-7-8-12(6-2)13-10-9-11(3)15(4)14/h5,11-13H,1,6-10H2,2-4H3. The summed E-state index contributed by atoms with van der Waals surface area (Å²) in [7, 11) is -0.688. The zero-order valence-electron chi connectivity index (χ0n) is 10.3. The second-order valence-electron chi connectivity index (χ2n) is 4.02. The minimum Gasteiger partial charge on any atom is -0.314 e. The molecule has 0 aromatic rings. The van der Waals surface area contributed by atoms with Crippen molar-refractivity contribution in [1.29, 1.82) is 0 Å². The van der Waals surface area contributed by atoms with Crippen LogP contribution in [0.4, 0.5) is 0 Å². The second-order valence-corrected chi connectivity index (χ2v) is 5.83. The van der Waals surface area contributed by atoms with Crippen molar-refractivity contribution < 1.29 is 4.21 Å². The lowest BCUT2D eigenvalue weighted by atomic mass is 10.1. The summed E-state index contributed by atoms with van der Waals surface area (Å²) in [5, 5.41) is 3.81. The molecule has 90 valence electrons. The smallest absolute Gasteiger partial charge is 0.0329 e. The lowest BCUT2D eigenvalue weighted by molar-refractivity contribution is 0.465. The van der Waals surface area contributed by atoms with Crippen molar-refractivity contribution in [3.63, 3.8) is 0 Å². The Labute approximate surface area is 97.0 Å². The predicted molar refractivity (Wildman–Crippen MR) is 69.7 cm³/mol. The average Bonchev–Trinajstić information content (AvgIpc) is 2.22. The van der Waals surface area contributed by atoms with Crippen LogP contribution < -0.4 is 5.32 Å². The predicted octanol–water partition coefficient (Wildman–Crippen LogP) is 2.48. The van der Waals surface area contributed by atoms with Gasteiger partial charge in [0.1, 0.15) is 0 Å². The van der Waals surface area contributed by atoms with Crippen LogP contribution in [-0.2, 0) is 10.8 Å². The molecule has 0 amide bonds. The molecule has 0 bridgehead atoms.